The van der Waals surface area contributed by atoms with Crippen molar-refractivity contribution in [2.75, 3.05) is 4.90 Å². The summed E-state index contributed by atoms with van der Waals surface area (Å²) < 4.78 is 1.91. The molecule has 7 heteroatoms. The summed E-state index contributed by atoms with van der Waals surface area (Å²) in [6.07, 6.45) is 3.34. The molecule has 2 aromatic carbocycles. The molecular formula is C20H14ClN3O3. The topological polar surface area (TPSA) is 71.4 Å². The zero-order valence-electron chi connectivity index (χ0n) is 14.3. The molecule has 134 valence electrons. The van der Waals surface area contributed by atoms with E-state index in [1.54, 1.807) is 24.3 Å². The maximum atomic E-state index is 12.9. The molecule has 1 fully saturated rings. The standard InChI is InChI=1S/C20H14ClN3O3/c1-23-11-12(15-4-2-3-5-17(15)23)10-16-18(25)22-20(27)24(19(16)26)14-8-6-13(21)7-9-14/h2-11H,1H3,(H,22,25,27). The minimum atomic E-state index is -0.789. The Labute approximate surface area is 159 Å². The summed E-state index contributed by atoms with van der Waals surface area (Å²) in [6.45, 7) is 0. The predicted octanol–water partition coefficient (Wildman–Crippen LogP) is 3.50. The van der Waals surface area contributed by atoms with Gasteiger partial charge in [-0.3, -0.25) is 14.9 Å². The Morgan fingerprint density at radius 2 is 1.70 bits per heavy atom. The number of aryl methyl sites for hydroxylation is 1. The zero-order valence-corrected chi connectivity index (χ0v) is 15.0. The van der Waals surface area contributed by atoms with Gasteiger partial charge in [0.2, 0.25) is 0 Å². The van der Waals surface area contributed by atoms with Crippen molar-refractivity contribution < 1.29 is 14.4 Å². The summed E-state index contributed by atoms with van der Waals surface area (Å²) in [5, 5.41) is 3.60. The van der Waals surface area contributed by atoms with Crippen LogP contribution in [0, 0.1) is 0 Å². The highest BCUT2D eigenvalue weighted by atomic mass is 35.5. The molecule has 0 aliphatic carbocycles. The normalized spacial score (nSPS) is 16.3. The number of urea groups is 1. The van der Waals surface area contributed by atoms with Crippen LogP contribution in [-0.2, 0) is 16.6 Å². The molecule has 1 aliphatic rings. The maximum absolute atomic E-state index is 12.9. The molecule has 4 rings (SSSR count). The monoisotopic (exact) mass is 379 g/mol. The average molecular weight is 380 g/mol. The lowest BCUT2D eigenvalue weighted by Gasteiger charge is -2.26. The number of nitrogens with one attached hydrogen (secondary N) is 1. The summed E-state index contributed by atoms with van der Waals surface area (Å²) in [4.78, 5) is 38.4. The van der Waals surface area contributed by atoms with Gasteiger partial charge in [0.15, 0.2) is 0 Å². The molecule has 2 heterocycles. The van der Waals surface area contributed by atoms with Crippen molar-refractivity contribution in [1.29, 1.82) is 0 Å². The van der Waals surface area contributed by atoms with Gasteiger partial charge in [-0.2, -0.15) is 0 Å². The van der Waals surface area contributed by atoms with E-state index >= 15 is 0 Å². The molecule has 0 atom stereocenters. The van der Waals surface area contributed by atoms with Crippen molar-refractivity contribution in [2.24, 2.45) is 7.05 Å². The van der Waals surface area contributed by atoms with E-state index in [1.165, 1.54) is 6.08 Å². The van der Waals surface area contributed by atoms with E-state index in [9.17, 15) is 14.4 Å². The average Bonchev–Trinajstić information content (AvgIpc) is 2.96. The number of aromatic nitrogens is 1. The van der Waals surface area contributed by atoms with Gasteiger partial charge >= 0.3 is 6.03 Å². The zero-order chi connectivity index (χ0) is 19.1. The molecule has 6 nitrogen and oxygen atoms in total. The van der Waals surface area contributed by atoms with Crippen LogP contribution in [0.4, 0.5) is 10.5 Å². The third-order valence-corrected chi connectivity index (χ3v) is 4.67. The van der Waals surface area contributed by atoms with Crippen molar-refractivity contribution in [1.82, 2.24) is 9.88 Å². The largest absolute Gasteiger partial charge is 0.350 e. The number of imide groups is 2. The van der Waals surface area contributed by atoms with Crippen molar-refractivity contribution in [2.45, 2.75) is 0 Å². The molecule has 1 saturated heterocycles. The van der Waals surface area contributed by atoms with Crippen molar-refractivity contribution in [3.8, 4) is 0 Å². The number of amides is 4. The fourth-order valence-corrected chi connectivity index (χ4v) is 3.25. The molecule has 0 spiro atoms. The van der Waals surface area contributed by atoms with Gasteiger partial charge in [-0.15, -0.1) is 0 Å². The lowest BCUT2D eigenvalue weighted by molar-refractivity contribution is -0.122. The Bertz CT molecular complexity index is 1130. The highest BCUT2D eigenvalue weighted by Crippen LogP contribution is 2.26. The Morgan fingerprint density at radius 3 is 2.44 bits per heavy atom. The van der Waals surface area contributed by atoms with Crippen molar-refractivity contribution >= 4 is 52.1 Å². The fraction of sp³-hybridized carbons (Fsp3) is 0.0500. The number of halogens is 1. The van der Waals surface area contributed by atoms with Crippen LogP contribution in [0.5, 0.6) is 0 Å². The van der Waals surface area contributed by atoms with E-state index in [-0.39, 0.29) is 5.57 Å². The quantitative estimate of drug-likeness (QED) is 0.547. The van der Waals surface area contributed by atoms with Gasteiger partial charge in [-0.05, 0) is 36.4 Å². The Balaban J connectivity index is 1.80. The molecular weight excluding hydrogens is 366 g/mol. The number of rotatable bonds is 2. The third-order valence-electron chi connectivity index (χ3n) is 4.41. The van der Waals surface area contributed by atoms with Gasteiger partial charge in [-0.25, -0.2) is 9.69 Å². The summed E-state index contributed by atoms with van der Waals surface area (Å²) in [5.74, 6) is -1.40. The molecule has 1 aliphatic heterocycles. The molecule has 3 aromatic rings. The van der Waals surface area contributed by atoms with E-state index in [0.29, 0.717) is 10.7 Å². The molecule has 1 N–H and O–H groups in total. The first-order valence-electron chi connectivity index (χ1n) is 8.17. The Morgan fingerprint density at radius 1 is 1.00 bits per heavy atom. The van der Waals surface area contributed by atoms with Gasteiger partial charge in [0.1, 0.15) is 5.57 Å². The SMILES string of the molecule is Cn1cc(C=C2C(=O)NC(=O)N(c3ccc(Cl)cc3)C2=O)c2ccccc21. The highest BCUT2D eigenvalue weighted by Gasteiger charge is 2.36. The first-order chi connectivity index (χ1) is 13.0. The minimum Gasteiger partial charge on any atom is -0.350 e. The molecule has 0 unspecified atom stereocenters. The first-order valence-corrected chi connectivity index (χ1v) is 8.54. The van der Waals surface area contributed by atoms with Crippen LogP contribution >= 0.6 is 11.6 Å². The van der Waals surface area contributed by atoms with Crippen molar-refractivity contribution in [3.05, 3.63) is 70.9 Å². The minimum absolute atomic E-state index is 0.110. The van der Waals surface area contributed by atoms with Crippen LogP contribution in [0.25, 0.3) is 17.0 Å². The van der Waals surface area contributed by atoms with Crippen LogP contribution in [0.3, 0.4) is 0 Å². The number of benzene rings is 2. The second-order valence-corrected chi connectivity index (χ2v) is 6.58. The number of fused-ring (bicyclic) bond motifs is 1. The van der Waals surface area contributed by atoms with Crippen LogP contribution in [0.15, 0.2) is 60.3 Å². The molecule has 27 heavy (non-hydrogen) atoms. The van der Waals surface area contributed by atoms with Gasteiger partial charge in [-0.1, -0.05) is 29.8 Å². The number of para-hydroxylation sites is 1. The molecule has 4 amide bonds. The highest BCUT2D eigenvalue weighted by molar-refractivity contribution is 6.39. The van der Waals surface area contributed by atoms with Crippen LogP contribution in [0.2, 0.25) is 5.02 Å². The summed E-state index contributed by atoms with van der Waals surface area (Å²) >= 11 is 5.87. The molecule has 0 radical (unpaired) electrons. The Hall–Kier alpha value is -3.38. The van der Waals surface area contributed by atoms with E-state index in [0.717, 1.165) is 21.4 Å². The molecule has 1 aromatic heterocycles. The summed E-state index contributed by atoms with van der Waals surface area (Å²) in [7, 11) is 1.89. The summed E-state index contributed by atoms with van der Waals surface area (Å²) in [6, 6.07) is 13.1. The van der Waals surface area contributed by atoms with Crippen molar-refractivity contribution in [3.63, 3.8) is 0 Å². The van der Waals surface area contributed by atoms with E-state index < -0.39 is 17.8 Å². The number of nitrogens with zero attached hydrogens (tertiary/aromatic N) is 2. The van der Waals surface area contributed by atoms with E-state index in [4.69, 9.17) is 11.6 Å². The van der Waals surface area contributed by atoms with Gasteiger partial charge in [0.25, 0.3) is 11.8 Å². The lowest BCUT2D eigenvalue weighted by atomic mass is 10.1. The Kier molecular flexibility index (Phi) is 4.05. The van der Waals surface area contributed by atoms with Crippen LogP contribution < -0.4 is 10.2 Å². The number of carbonyl (C=O) groups excluding carboxylic acids is 3. The fourth-order valence-electron chi connectivity index (χ4n) is 3.13. The van der Waals surface area contributed by atoms with Gasteiger partial charge in [0, 0.05) is 34.7 Å². The van der Waals surface area contributed by atoms with Crippen LogP contribution in [0.1, 0.15) is 5.56 Å². The molecule has 0 saturated carbocycles. The van der Waals surface area contributed by atoms with Gasteiger partial charge < -0.3 is 4.57 Å². The second kappa shape index (κ2) is 6.41. The predicted molar refractivity (Wildman–Crippen MR) is 103 cm³/mol. The van der Waals surface area contributed by atoms with E-state index in [2.05, 4.69) is 5.32 Å². The van der Waals surface area contributed by atoms with Gasteiger partial charge in [0.05, 0.1) is 5.69 Å². The maximum Gasteiger partial charge on any atom is 0.335 e. The number of carbonyl (C=O) groups is 3. The number of anilines is 1. The molecule has 0 bridgehead atoms. The second-order valence-electron chi connectivity index (χ2n) is 6.15. The van der Waals surface area contributed by atoms with Crippen LogP contribution in [-0.4, -0.2) is 22.4 Å². The first kappa shape index (κ1) is 17.1. The number of hydrogen-bond donors (Lipinski definition) is 1. The smallest absolute Gasteiger partial charge is 0.335 e. The number of barbiturate groups is 1. The van der Waals surface area contributed by atoms with E-state index in [1.807, 2.05) is 42.1 Å². The summed E-state index contributed by atoms with van der Waals surface area (Å²) in [5.41, 5.74) is 1.91. The number of hydrogen-bond acceptors (Lipinski definition) is 3. The third kappa shape index (κ3) is 2.90. The lowest BCUT2D eigenvalue weighted by Crippen LogP contribution is -2.54.